The molecule has 0 atom stereocenters. The Balaban J connectivity index is 2.16. The lowest BCUT2D eigenvalue weighted by Gasteiger charge is -2.23. The number of aryl methyl sites for hydroxylation is 2. The van der Waals surface area contributed by atoms with Crippen LogP contribution in [0.25, 0.3) is 0 Å². The number of rotatable bonds is 6. The number of benzene rings is 2. The second-order valence-corrected chi connectivity index (χ2v) is 6.88. The van der Waals surface area contributed by atoms with E-state index in [0.717, 1.165) is 35.4 Å². The fourth-order valence-electron chi connectivity index (χ4n) is 2.94. The van der Waals surface area contributed by atoms with Crippen LogP contribution >= 0.6 is 0 Å². The Morgan fingerprint density at radius 2 is 1.76 bits per heavy atom. The molecule has 2 rings (SSSR count). The van der Waals surface area contributed by atoms with Crippen molar-refractivity contribution in [1.29, 1.82) is 0 Å². The number of ether oxygens (including phenoxy) is 1. The van der Waals surface area contributed by atoms with E-state index in [1.807, 2.05) is 32.9 Å². The molecule has 2 aromatic carbocycles. The summed E-state index contributed by atoms with van der Waals surface area (Å²) in [5.41, 5.74) is 2.18. The first-order valence-corrected chi connectivity index (χ1v) is 9.14. The minimum Gasteiger partial charge on any atom is -0.449 e. The highest BCUT2D eigenvalue weighted by Gasteiger charge is 2.33. The van der Waals surface area contributed by atoms with E-state index in [2.05, 4.69) is 5.32 Å². The molecule has 0 spiro atoms. The summed E-state index contributed by atoms with van der Waals surface area (Å²) >= 11 is 0. The molecule has 0 saturated carbocycles. The Morgan fingerprint density at radius 1 is 1.14 bits per heavy atom. The number of nitrogens with one attached hydrogen (secondary N) is 1. The molecule has 2 aromatic rings. The number of halogens is 4. The third-order valence-electron chi connectivity index (χ3n) is 4.38. The number of carbonyl (C=O) groups is 1. The molecule has 158 valence electrons. The van der Waals surface area contributed by atoms with Crippen molar-refractivity contribution in [2.75, 3.05) is 23.9 Å². The van der Waals surface area contributed by atoms with E-state index in [1.165, 1.54) is 6.07 Å². The van der Waals surface area contributed by atoms with E-state index in [4.69, 9.17) is 4.74 Å². The molecular formula is C21H24F4N2O2. The van der Waals surface area contributed by atoms with E-state index in [9.17, 15) is 22.4 Å². The molecule has 0 aliphatic rings. The van der Waals surface area contributed by atoms with Crippen LogP contribution in [0.4, 0.5) is 33.7 Å². The van der Waals surface area contributed by atoms with E-state index in [0.29, 0.717) is 17.9 Å². The summed E-state index contributed by atoms with van der Waals surface area (Å²) in [6.07, 6.45) is -4.52. The van der Waals surface area contributed by atoms with Crippen LogP contribution in [0, 0.1) is 19.7 Å². The normalized spacial score (nSPS) is 11.3. The van der Waals surface area contributed by atoms with Crippen LogP contribution in [0.3, 0.4) is 0 Å². The number of amides is 1. The van der Waals surface area contributed by atoms with Gasteiger partial charge >= 0.3 is 12.3 Å². The molecule has 0 aromatic heterocycles. The van der Waals surface area contributed by atoms with Gasteiger partial charge in [-0.25, -0.2) is 9.18 Å². The van der Waals surface area contributed by atoms with Gasteiger partial charge in [-0.3, -0.25) is 5.32 Å². The van der Waals surface area contributed by atoms with Gasteiger partial charge in [0.25, 0.3) is 0 Å². The van der Waals surface area contributed by atoms with Crippen molar-refractivity contribution < 1.29 is 27.1 Å². The molecule has 0 aliphatic heterocycles. The summed E-state index contributed by atoms with van der Waals surface area (Å²) in [7, 11) is 1.76. The van der Waals surface area contributed by atoms with Crippen molar-refractivity contribution in [2.24, 2.45) is 0 Å². The van der Waals surface area contributed by atoms with Crippen molar-refractivity contribution in [3.05, 3.63) is 58.4 Å². The molecule has 0 aliphatic carbocycles. The van der Waals surface area contributed by atoms with Crippen LogP contribution in [0.15, 0.2) is 30.3 Å². The fraction of sp³-hybridized carbons (Fsp3) is 0.381. The van der Waals surface area contributed by atoms with Gasteiger partial charge in [-0.1, -0.05) is 13.0 Å². The highest BCUT2D eigenvalue weighted by Crippen LogP contribution is 2.32. The standard InChI is InChI=1S/C21H24F4N2O2/c1-5-8-29-20(28)26-19-13(2)9-16(10-14(19)3)27(4)12-15-6-7-17(18(22)11-15)21(23,24)25/h6-7,9-11H,5,8,12H2,1-4H3,(H,26,28). The smallest absolute Gasteiger partial charge is 0.419 e. The van der Waals surface area contributed by atoms with Crippen molar-refractivity contribution in [3.63, 3.8) is 0 Å². The summed E-state index contributed by atoms with van der Waals surface area (Å²) in [6.45, 7) is 6.11. The van der Waals surface area contributed by atoms with Crippen LogP contribution in [0.5, 0.6) is 0 Å². The molecule has 0 fully saturated rings. The topological polar surface area (TPSA) is 41.6 Å². The molecule has 0 saturated heterocycles. The lowest BCUT2D eigenvalue weighted by molar-refractivity contribution is -0.140. The summed E-state index contributed by atoms with van der Waals surface area (Å²) in [5, 5.41) is 2.72. The quantitative estimate of drug-likeness (QED) is 0.587. The predicted octanol–water partition coefficient (Wildman–Crippen LogP) is 6.06. The van der Waals surface area contributed by atoms with Crippen LogP contribution in [0.2, 0.25) is 0 Å². The summed E-state index contributed by atoms with van der Waals surface area (Å²) in [5.74, 6) is -1.29. The summed E-state index contributed by atoms with van der Waals surface area (Å²) in [4.78, 5) is 13.6. The average Bonchev–Trinajstić information content (AvgIpc) is 2.61. The second kappa shape index (κ2) is 9.15. The minimum absolute atomic E-state index is 0.221. The summed E-state index contributed by atoms with van der Waals surface area (Å²) < 4.78 is 56.9. The molecule has 0 radical (unpaired) electrons. The Labute approximate surface area is 167 Å². The highest BCUT2D eigenvalue weighted by atomic mass is 19.4. The third kappa shape index (κ3) is 5.85. The molecule has 0 heterocycles. The first kappa shape index (κ1) is 22.5. The van der Waals surface area contributed by atoms with Gasteiger partial charge in [0, 0.05) is 25.0 Å². The Hall–Kier alpha value is -2.77. The number of hydrogen-bond donors (Lipinski definition) is 1. The molecule has 1 amide bonds. The SMILES string of the molecule is CCCOC(=O)Nc1c(C)cc(N(C)Cc2ccc(C(F)(F)F)c(F)c2)cc1C. The number of anilines is 2. The molecule has 0 unspecified atom stereocenters. The highest BCUT2D eigenvalue weighted by molar-refractivity contribution is 5.87. The third-order valence-corrected chi connectivity index (χ3v) is 4.38. The molecule has 1 N–H and O–H groups in total. The van der Waals surface area contributed by atoms with Crippen molar-refractivity contribution in [3.8, 4) is 0 Å². The number of alkyl halides is 3. The van der Waals surface area contributed by atoms with Crippen LogP contribution in [-0.2, 0) is 17.5 Å². The average molecular weight is 412 g/mol. The molecule has 29 heavy (non-hydrogen) atoms. The maximum absolute atomic E-state index is 13.8. The maximum Gasteiger partial charge on any atom is 0.419 e. The predicted molar refractivity (Wildman–Crippen MR) is 105 cm³/mol. The summed E-state index contributed by atoms with van der Waals surface area (Å²) in [6, 6.07) is 6.59. The Morgan fingerprint density at radius 3 is 2.28 bits per heavy atom. The first-order valence-electron chi connectivity index (χ1n) is 9.14. The van der Waals surface area contributed by atoms with Gasteiger partial charge in [0.1, 0.15) is 5.82 Å². The zero-order valence-electron chi connectivity index (χ0n) is 16.8. The zero-order chi connectivity index (χ0) is 21.8. The Kier molecular flexibility index (Phi) is 7.11. The van der Waals surface area contributed by atoms with Gasteiger partial charge in [-0.15, -0.1) is 0 Å². The lowest BCUT2D eigenvalue weighted by atomic mass is 10.1. The zero-order valence-corrected chi connectivity index (χ0v) is 16.8. The van der Waals surface area contributed by atoms with Crippen LogP contribution in [0.1, 0.15) is 35.6 Å². The van der Waals surface area contributed by atoms with Gasteiger partial charge in [-0.05, 0) is 61.2 Å². The molecule has 0 bridgehead atoms. The van der Waals surface area contributed by atoms with Crippen LogP contribution < -0.4 is 10.2 Å². The van der Waals surface area contributed by atoms with Crippen LogP contribution in [-0.4, -0.2) is 19.7 Å². The number of hydrogen-bond acceptors (Lipinski definition) is 3. The molecular weight excluding hydrogens is 388 g/mol. The molecule has 4 nitrogen and oxygen atoms in total. The monoisotopic (exact) mass is 412 g/mol. The fourth-order valence-corrected chi connectivity index (χ4v) is 2.94. The van der Waals surface area contributed by atoms with Gasteiger partial charge in [0.2, 0.25) is 0 Å². The van der Waals surface area contributed by atoms with Crippen molar-refractivity contribution >= 4 is 17.5 Å². The van der Waals surface area contributed by atoms with E-state index in [1.54, 1.807) is 11.9 Å². The van der Waals surface area contributed by atoms with Crippen molar-refractivity contribution in [1.82, 2.24) is 0 Å². The first-order chi connectivity index (χ1) is 13.5. The van der Waals surface area contributed by atoms with Crippen molar-refractivity contribution in [2.45, 2.75) is 39.9 Å². The minimum atomic E-state index is -4.72. The van der Waals surface area contributed by atoms with Gasteiger partial charge in [0.15, 0.2) is 0 Å². The van der Waals surface area contributed by atoms with Gasteiger partial charge in [0.05, 0.1) is 12.2 Å². The largest absolute Gasteiger partial charge is 0.449 e. The second-order valence-electron chi connectivity index (χ2n) is 6.88. The number of nitrogens with zero attached hydrogens (tertiary/aromatic N) is 1. The van der Waals surface area contributed by atoms with E-state index in [-0.39, 0.29) is 6.54 Å². The lowest BCUT2D eigenvalue weighted by Crippen LogP contribution is -2.19. The van der Waals surface area contributed by atoms with Gasteiger partial charge < -0.3 is 9.64 Å². The molecule has 8 heteroatoms. The van der Waals surface area contributed by atoms with E-state index >= 15 is 0 Å². The van der Waals surface area contributed by atoms with Gasteiger partial charge in [-0.2, -0.15) is 13.2 Å². The van der Waals surface area contributed by atoms with E-state index < -0.39 is 23.7 Å². The Bertz CT molecular complexity index is 858. The number of carbonyl (C=O) groups excluding carboxylic acids is 1. The maximum atomic E-state index is 13.8.